The van der Waals surface area contributed by atoms with Crippen molar-refractivity contribution in [3.8, 4) is 0 Å². The average Bonchev–Trinajstić information content (AvgIpc) is 2.59. The summed E-state index contributed by atoms with van der Waals surface area (Å²) in [6.45, 7) is 8.91. The highest BCUT2D eigenvalue weighted by Gasteiger charge is 2.23. The molecule has 1 saturated heterocycles. The molecule has 5 nitrogen and oxygen atoms in total. The fourth-order valence-electron chi connectivity index (χ4n) is 2.95. The van der Waals surface area contributed by atoms with Crippen LogP contribution in [-0.2, 0) is 11.2 Å². The zero-order valence-corrected chi connectivity index (χ0v) is 17.3. The van der Waals surface area contributed by atoms with Crippen LogP contribution in [0.15, 0.2) is 35.3 Å². The third-order valence-electron chi connectivity index (χ3n) is 4.32. The lowest BCUT2D eigenvalue weighted by Crippen LogP contribution is -2.53. The molecule has 0 bridgehead atoms. The number of halogens is 1. The number of nitrogens with one attached hydrogen (secondary N) is 2. The molecule has 2 atom stereocenters. The Morgan fingerprint density at radius 3 is 2.75 bits per heavy atom. The predicted molar refractivity (Wildman–Crippen MR) is 111 cm³/mol. The van der Waals surface area contributed by atoms with Crippen LogP contribution in [0.5, 0.6) is 0 Å². The Kier molecular flexibility index (Phi) is 10.3. The third kappa shape index (κ3) is 6.94. The molecule has 0 radical (unpaired) electrons. The summed E-state index contributed by atoms with van der Waals surface area (Å²) < 4.78 is 5.51. The van der Waals surface area contributed by atoms with Crippen molar-refractivity contribution in [2.45, 2.75) is 32.4 Å². The number of ether oxygens (including phenoxy) is 1. The van der Waals surface area contributed by atoms with Crippen LogP contribution >= 0.6 is 24.0 Å². The van der Waals surface area contributed by atoms with E-state index in [4.69, 9.17) is 4.74 Å². The molecule has 1 heterocycles. The van der Waals surface area contributed by atoms with E-state index in [9.17, 15) is 0 Å². The van der Waals surface area contributed by atoms with Crippen LogP contribution in [0.4, 0.5) is 0 Å². The highest BCUT2D eigenvalue weighted by Crippen LogP contribution is 2.09. The maximum Gasteiger partial charge on any atom is 0.191 e. The van der Waals surface area contributed by atoms with Crippen molar-refractivity contribution in [3.05, 3.63) is 35.9 Å². The standard InChI is InChI=1S/C18H30N4O.HI/c1-15(22-11-12-23-14-16(22)2)13-21-18(19-3)20-10-9-17-7-5-4-6-8-17;/h4-8,15-16H,9-14H2,1-3H3,(H2,19,20,21);1H. The molecule has 1 aromatic carbocycles. The van der Waals surface area contributed by atoms with Gasteiger partial charge < -0.3 is 15.4 Å². The number of nitrogens with zero attached hydrogens (tertiary/aromatic N) is 2. The van der Waals surface area contributed by atoms with Crippen LogP contribution in [0.1, 0.15) is 19.4 Å². The fourth-order valence-corrected chi connectivity index (χ4v) is 2.95. The molecule has 0 aliphatic carbocycles. The van der Waals surface area contributed by atoms with Crippen molar-refractivity contribution in [1.29, 1.82) is 0 Å². The Bertz CT molecular complexity index is 483. The molecule has 0 spiro atoms. The number of morpholine rings is 1. The number of guanidine groups is 1. The summed E-state index contributed by atoms with van der Waals surface area (Å²) in [6.07, 6.45) is 0.998. The first-order valence-electron chi connectivity index (χ1n) is 8.52. The summed E-state index contributed by atoms with van der Waals surface area (Å²) in [6, 6.07) is 11.4. The summed E-state index contributed by atoms with van der Waals surface area (Å²) in [5.41, 5.74) is 1.34. The van der Waals surface area contributed by atoms with Crippen molar-refractivity contribution in [3.63, 3.8) is 0 Å². The summed E-state index contributed by atoms with van der Waals surface area (Å²) in [5.74, 6) is 0.869. The number of aliphatic imine (C=N–C) groups is 1. The van der Waals surface area contributed by atoms with Crippen molar-refractivity contribution in [2.75, 3.05) is 39.9 Å². The maximum atomic E-state index is 5.51. The van der Waals surface area contributed by atoms with Gasteiger partial charge in [-0.1, -0.05) is 30.3 Å². The van der Waals surface area contributed by atoms with Crippen molar-refractivity contribution in [1.82, 2.24) is 15.5 Å². The minimum atomic E-state index is 0. The Hall–Kier alpha value is -0.860. The van der Waals surface area contributed by atoms with Crippen LogP contribution < -0.4 is 10.6 Å². The first kappa shape index (κ1) is 21.2. The van der Waals surface area contributed by atoms with Crippen LogP contribution in [0, 0.1) is 0 Å². The highest BCUT2D eigenvalue weighted by molar-refractivity contribution is 14.0. The monoisotopic (exact) mass is 446 g/mol. The number of hydrogen-bond acceptors (Lipinski definition) is 3. The van der Waals surface area contributed by atoms with E-state index in [0.29, 0.717) is 12.1 Å². The number of hydrogen-bond donors (Lipinski definition) is 2. The second-order valence-corrected chi connectivity index (χ2v) is 6.13. The van der Waals surface area contributed by atoms with E-state index in [1.165, 1.54) is 5.56 Å². The maximum absolute atomic E-state index is 5.51. The molecule has 2 rings (SSSR count). The Morgan fingerprint density at radius 2 is 2.08 bits per heavy atom. The van der Waals surface area contributed by atoms with E-state index >= 15 is 0 Å². The summed E-state index contributed by atoms with van der Waals surface area (Å²) in [7, 11) is 1.82. The van der Waals surface area contributed by atoms with Gasteiger partial charge in [-0.15, -0.1) is 24.0 Å². The molecule has 24 heavy (non-hydrogen) atoms. The molecular formula is C18H31IN4O. The molecule has 0 aromatic heterocycles. The zero-order chi connectivity index (χ0) is 16.5. The Morgan fingerprint density at radius 1 is 1.33 bits per heavy atom. The van der Waals surface area contributed by atoms with Gasteiger partial charge in [-0.05, 0) is 25.8 Å². The molecule has 6 heteroatoms. The highest BCUT2D eigenvalue weighted by atomic mass is 127. The zero-order valence-electron chi connectivity index (χ0n) is 15.0. The molecule has 1 aliphatic heterocycles. The van der Waals surface area contributed by atoms with Gasteiger partial charge in [0, 0.05) is 38.8 Å². The minimum absolute atomic E-state index is 0. The second-order valence-electron chi connectivity index (χ2n) is 6.13. The Labute approximate surface area is 163 Å². The van der Waals surface area contributed by atoms with Crippen molar-refractivity contribution < 1.29 is 4.74 Å². The van der Waals surface area contributed by atoms with Gasteiger partial charge in [-0.2, -0.15) is 0 Å². The molecule has 1 fully saturated rings. The van der Waals surface area contributed by atoms with E-state index in [-0.39, 0.29) is 24.0 Å². The molecule has 2 N–H and O–H groups in total. The molecule has 1 aliphatic rings. The third-order valence-corrected chi connectivity index (χ3v) is 4.32. The summed E-state index contributed by atoms with van der Waals surface area (Å²) in [4.78, 5) is 6.80. The van der Waals surface area contributed by atoms with Crippen LogP contribution in [0.25, 0.3) is 0 Å². The largest absolute Gasteiger partial charge is 0.379 e. The Balaban J connectivity index is 0.00000288. The van der Waals surface area contributed by atoms with Crippen molar-refractivity contribution >= 4 is 29.9 Å². The minimum Gasteiger partial charge on any atom is -0.379 e. The second kappa shape index (κ2) is 11.7. The molecule has 136 valence electrons. The molecule has 2 unspecified atom stereocenters. The van der Waals surface area contributed by atoms with E-state index in [2.05, 4.69) is 58.6 Å². The normalized spacial score (nSPS) is 20.1. The summed E-state index contributed by atoms with van der Waals surface area (Å²) in [5, 5.41) is 6.81. The quantitative estimate of drug-likeness (QED) is 0.400. The average molecular weight is 446 g/mol. The van der Waals surface area contributed by atoms with Crippen LogP contribution in [0.3, 0.4) is 0 Å². The molecule has 0 amide bonds. The molecular weight excluding hydrogens is 415 g/mol. The molecule has 1 aromatic rings. The van der Waals surface area contributed by atoms with E-state index < -0.39 is 0 Å². The van der Waals surface area contributed by atoms with Gasteiger partial charge in [0.15, 0.2) is 5.96 Å². The van der Waals surface area contributed by atoms with Gasteiger partial charge >= 0.3 is 0 Å². The van der Waals surface area contributed by atoms with E-state index in [1.807, 2.05) is 13.1 Å². The van der Waals surface area contributed by atoms with Gasteiger partial charge in [0.05, 0.1) is 13.2 Å². The van der Waals surface area contributed by atoms with Crippen molar-refractivity contribution in [2.24, 2.45) is 4.99 Å². The van der Waals surface area contributed by atoms with Gasteiger partial charge in [0.1, 0.15) is 0 Å². The smallest absolute Gasteiger partial charge is 0.191 e. The fraction of sp³-hybridized carbons (Fsp3) is 0.611. The number of rotatable bonds is 6. The first-order valence-corrected chi connectivity index (χ1v) is 8.52. The lowest BCUT2D eigenvalue weighted by atomic mass is 10.1. The molecule has 0 saturated carbocycles. The van der Waals surface area contributed by atoms with Gasteiger partial charge in [-0.25, -0.2) is 0 Å². The predicted octanol–water partition coefficient (Wildman–Crippen LogP) is 2.12. The van der Waals surface area contributed by atoms with Crippen LogP contribution in [0.2, 0.25) is 0 Å². The van der Waals surface area contributed by atoms with E-state index in [0.717, 1.165) is 45.2 Å². The first-order chi connectivity index (χ1) is 11.2. The van der Waals surface area contributed by atoms with Crippen LogP contribution in [-0.4, -0.2) is 62.8 Å². The van der Waals surface area contributed by atoms with E-state index in [1.54, 1.807) is 0 Å². The topological polar surface area (TPSA) is 48.9 Å². The lowest BCUT2D eigenvalue weighted by molar-refractivity contribution is -0.0174. The number of benzene rings is 1. The van der Waals surface area contributed by atoms with Gasteiger partial charge in [-0.3, -0.25) is 9.89 Å². The summed E-state index contributed by atoms with van der Waals surface area (Å²) >= 11 is 0. The lowest BCUT2D eigenvalue weighted by Gasteiger charge is -2.38. The SMILES string of the molecule is CN=C(NCCc1ccccc1)NCC(C)N1CCOCC1C.I. The van der Waals surface area contributed by atoms with Gasteiger partial charge in [0.25, 0.3) is 0 Å². The van der Waals surface area contributed by atoms with Gasteiger partial charge in [0.2, 0.25) is 0 Å².